The van der Waals surface area contributed by atoms with Gasteiger partial charge in [0.05, 0.1) is 13.2 Å². The van der Waals surface area contributed by atoms with Crippen molar-refractivity contribution in [3.8, 4) is 0 Å². The molecule has 2 aromatic rings. The standard InChI is InChI=1S/C13H17NO2.C7H12O3.C6H8N2/c1-4-16-12(15)11-13(2,3)9-7-5-6-8-10(9)14-11;1-4-10-7(9)6(8)5(2)3;7-8-6-4-2-1-3-5-6/h5-8,11,14H,4H2,1-3H3;5H,4H2,1-3H3;1-5,8H,7H2. The summed E-state index contributed by atoms with van der Waals surface area (Å²) < 4.78 is 9.57. The van der Waals surface area contributed by atoms with E-state index < -0.39 is 11.8 Å². The van der Waals surface area contributed by atoms with Crippen LogP contribution in [0.3, 0.4) is 0 Å². The molecule has 0 radical (unpaired) electrons. The van der Waals surface area contributed by atoms with Crippen molar-refractivity contribution < 1.29 is 23.9 Å². The SMILES string of the molecule is CCOC(=O)C(=O)C(C)C.CCOC(=O)C1Nc2ccccc2C1(C)C.NNc1ccccc1. The Bertz CT molecular complexity index is 929. The Kier molecular flexibility index (Phi) is 11.8. The quantitative estimate of drug-likeness (QED) is 0.250. The van der Waals surface area contributed by atoms with Gasteiger partial charge in [-0.25, -0.2) is 9.59 Å². The second-order valence-corrected chi connectivity index (χ2v) is 8.35. The van der Waals surface area contributed by atoms with Crippen molar-refractivity contribution in [3.05, 3.63) is 60.2 Å². The molecule has 8 nitrogen and oxygen atoms in total. The van der Waals surface area contributed by atoms with Crippen molar-refractivity contribution in [3.63, 3.8) is 0 Å². The molecule has 0 saturated heterocycles. The number of hydrazine groups is 1. The minimum Gasteiger partial charge on any atom is -0.464 e. The third-order valence-electron chi connectivity index (χ3n) is 5.11. The number of para-hydroxylation sites is 2. The van der Waals surface area contributed by atoms with Gasteiger partial charge in [-0.05, 0) is 37.6 Å². The summed E-state index contributed by atoms with van der Waals surface area (Å²) in [6, 6.07) is 17.3. The van der Waals surface area contributed by atoms with Crippen LogP contribution >= 0.6 is 0 Å². The molecule has 34 heavy (non-hydrogen) atoms. The number of Topliss-reactive ketones (excluding diaryl/α,β-unsaturated/α-hetero) is 1. The highest BCUT2D eigenvalue weighted by Crippen LogP contribution is 2.40. The minimum absolute atomic E-state index is 0.177. The maximum atomic E-state index is 11.8. The number of hydrogen-bond donors (Lipinski definition) is 3. The Balaban J connectivity index is 0.000000277. The van der Waals surface area contributed by atoms with Gasteiger partial charge in [-0.15, -0.1) is 0 Å². The zero-order valence-corrected chi connectivity index (χ0v) is 20.9. The smallest absolute Gasteiger partial charge is 0.374 e. The highest BCUT2D eigenvalue weighted by molar-refractivity contribution is 6.34. The van der Waals surface area contributed by atoms with Gasteiger partial charge >= 0.3 is 11.9 Å². The summed E-state index contributed by atoms with van der Waals surface area (Å²) >= 11 is 0. The first kappa shape index (κ1) is 28.6. The molecule has 1 heterocycles. The number of nitrogens with one attached hydrogen (secondary N) is 2. The maximum Gasteiger partial charge on any atom is 0.374 e. The van der Waals surface area contributed by atoms with Crippen LogP contribution in [-0.2, 0) is 29.3 Å². The molecule has 2 aromatic carbocycles. The molecule has 4 N–H and O–H groups in total. The second-order valence-electron chi connectivity index (χ2n) is 8.35. The van der Waals surface area contributed by atoms with E-state index in [1.165, 1.54) is 5.56 Å². The molecule has 3 rings (SSSR count). The first-order valence-corrected chi connectivity index (χ1v) is 11.3. The van der Waals surface area contributed by atoms with E-state index in [1.54, 1.807) is 20.8 Å². The van der Waals surface area contributed by atoms with Gasteiger partial charge in [-0.3, -0.25) is 10.6 Å². The van der Waals surface area contributed by atoms with Gasteiger partial charge in [-0.2, -0.15) is 0 Å². The number of fused-ring (bicyclic) bond motifs is 1. The lowest BCUT2D eigenvalue weighted by Crippen LogP contribution is -2.41. The Hall–Kier alpha value is -3.39. The average molecular weight is 472 g/mol. The number of carbonyl (C=O) groups excluding carboxylic acids is 3. The fourth-order valence-electron chi connectivity index (χ4n) is 3.21. The summed E-state index contributed by atoms with van der Waals surface area (Å²) in [7, 11) is 0. The number of ketones is 1. The van der Waals surface area contributed by atoms with Crippen LogP contribution in [0.25, 0.3) is 0 Å². The van der Waals surface area contributed by atoms with E-state index in [-0.39, 0.29) is 30.0 Å². The van der Waals surface area contributed by atoms with Crippen LogP contribution in [0, 0.1) is 5.92 Å². The van der Waals surface area contributed by atoms with E-state index >= 15 is 0 Å². The molecule has 0 bridgehead atoms. The van der Waals surface area contributed by atoms with E-state index in [1.807, 2.05) is 55.5 Å². The number of rotatable bonds is 6. The van der Waals surface area contributed by atoms with Crippen molar-refractivity contribution in [2.24, 2.45) is 11.8 Å². The van der Waals surface area contributed by atoms with E-state index in [2.05, 4.69) is 35.4 Å². The number of anilines is 2. The van der Waals surface area contributed by atoms with Gasteiger partial charge in [0.2, 0.25) is 5.78 Å². The van der Waals surface area contributed by atoms with Crippen LogP contribution in [0.1, 0.15) is 47.1 Å². The predicted octanol–water partition coefficient (Wildman–Crippen LogP) is 4.07. The van der Waals surface area contributed by atoms with Gasteiger partial charge in [0.25, 0.3) is 0 Å². The van der Waals surface area contributed by atoms with E-state index in [9.17, 15) is 14.4 Å². The molecular weight excluding hydrogens is 434 g/mol. The largest absolute Gasteiger partial charge is 0.464 e. The Morgan fingerprint density at radius 3 is 2.00 bits per heavy atom. The number of carbonyl (C=O) groups is 3. The Labute approximate surface area is 202 Å². The van der Waals surface area contributed by atoms with Crippen molar-refractivity contribution in [1.29, 1.82) is 0 Å². The molecule has 0 amide bonds. The normalized spacial score (nSPS) is 14.8. The van der Waals surface area contributed by atoms with Crippen LogP contribution in [0.4, 0.5) is 11.4 Å². The lowest BCUT2D eigenvalue weighted by Gasteiger charge is -2.25. The van der Waals surface area contributed by atoms with Crippen LogP contribution in [0.2, 0.25) is 0 Å². The number of benzene rings is 2. The molecular formula is C26H37N3O5. The number of nitrogen functional groups attached to an aromatic ring is 1. The molecule has 1 aliphatic rings. The lowest BCUT2D eigenvalue weighted by molar-refractivity contribution is -0.154. The van der Waals surface area contributed by atoms with Gasteiger partial charge in [0, 0.05) is 22.7 Å². The zero-order valence-electron chi connectivity index (χ0n) is 20.9. The van der Waals surface area contributed by atoms with Crippen LogP contribution in [0.5, 0.6) is 0 Å². The summed E-state index contributed by atoms with van der Waals surface area (Å²) in [4.78, 5) is 33.2. The highest BCUT2D eigenvalue weighted by atomic mass is 16.5. The van der Waals surface area contributed by atoms with E-state index in [0.29, 0.717) is 6.61 Å². The molecule has 186 valence electrons. The molecule has 1 atom stereocenters. The van der Waals surface area contributed by atoms with Gasteiger partial charge in [0.1, 0.15) is 6.04 Å². The summed E-state index contributed by atoms with van der Waals surface area (Å²) in [6.45, 7) is 11.6. The highest BCUT2D eigenvalue weighted by Gasteiger charge is 2.44. The molecule has 0 saturated carbocycles. The summed E-state index contributed by atoms with van der Waals surface area (Å²) in [5.74, 6) is 3.48. The van der Waals surface area contributed by atoms with Crippen molar-refractivity contribution in [2.45, 2.75) is 53.0 Å². The summed E-state index contributed by atoms with van der Waals surface area (Å²) in [5, 5.41) is 3.23. The molecule has 0 fully saturated rings. The van der Waals surface area contributed by atoms with Crippen LogP contribution in [0.15, 0.2) is 54.6 Å². The monoisotopic (exact) mass is 471 g/mol. The third kappa shape index (κ3) is 8.19. The zero-order chi connectivity index (χ0) is 25.7. The van der Waals surface area contributed by atoms with Crippen molar-refractivity contribution in [1.82, 2.24) is 0 Å². The lowest BCUT2D eigenvalue weighted by atomic mass is 9.81. The predicted molar refractivity (Wildman–Crippen MR) is 134 cm³/mol. The fourth-order valence-corrected chi connectivity index (χ4v) is 3.21. The third-order valence-corrected chi connectivity index (χ3v) is 5.11. The molecule has 1 unspecified atom stereocenters. The molecule has 0 spiro atoms. The molecule has 8 heteroatoms. The van der Waals surface area contributed by atoms with Crippen molar-refractivity contribution >= 4 is 29.1 Å². The van der Waals surface area contributed by atoms with Gasteiger partial charge in [0.15, 0.2) is 0 Å². The maximum absolute atomic E-state index is 11.8. The Morgan fingerprint density at radius 2 is 1.53 bits per heavy atom. The topological polar surface area (TPSA) is 120 Å². The molecule has 0 aromatic heterocycles. The van der Waals surface area contributed by atoms with E-state index in [0.717, 1.165) is 11.4 Å². The minimum atomic E-state index is -0.725. The van der Waals surface area contributed by atoms with Crippen LogP contribution in [-0.4, -0.2) is 37.0 Å². The fraction of sp³-hybridized carbons (Fsp3) is 0.423. The van der Waals surface area contributed by atoms with Crippen molar-refractivity contribution in [2.75, 3.05) is 24.0 Å². The van der Waals surface area contributed by atoms with Gasteiger partial charge < -0.3 is 20.2 Å². The van der Waals surface area contributed by atoms with E-state index in [4.69, 9.17) is 10.6 Å². The first-order valence-electron chi connectivity index (χ1n) is 11.3. The number of hydrogen-bond acceptors (Lipinski definition) is 8. The van der Waals surface area contributed by atoms with Crippen LogP contribution < -0.4 is 16.6 Å². The number of nitrogens with two attached hydrogens (primary N) is 1. The molecule has 0 aliphatic carbocycles. The average Bonchev–Trinajstić information content (AvgIpc) is 3.11. The van der Waals surface area contributed by atoms with Gasteiger partial charge in [-0.1, -0.05) is 64.1 Å². The number of ether oxygens (including phenoxy) is 2. The Morgan fingerprint density at radius 1 is 0.971 bits per heavy atom. The molecule has 1 aliphatic heterocycles. The second kappa shape index (κ2) is 14.0. The summed E-state index contributed by atoms with van der Waals surface area (Å²) in [5.41, 5.74) is 5.45. The summed E-state index contributed by atoms with van der Waals surface area (Å²) in [6.07, 6.45) is 0. The number of esters is 2. The first-order chi connectivity index (χ1) is 16.1.